The fourth-order valence-electron chi connectivity index (χ4n) is 5.76. The van der Waals surface area contributed by atoms with Gasteiger partial charge in [0.1, 0.15) is 5.92 Å². The maximum Gasteiger partial charge on any atom is 0.231 e. The minimum Gasteiger partial charge on any atom is -0.353 e. The summed E-state index contributed by atoms with van der Waals surface area (Å²) in [5.74, 6) is -0.265. The van der Waals surface area contributed by atoms with Crippen molar-refractivity contribution in [3.8, 4) is 0 Å². The zero-order valence-corrected chi connectivity index (χ0v) is 25.4. The number of benzene rings is 1. The van der Waals surface area contributed by atoms with Gasteiger partial charge in [0.25, 0.3) is 0 Å². The van der Waals surface area contributed by atoms with Gasteiger partial charge in [-0.2, -0.15) is 0 Å². The van der Waals surface area contributed by atoms with Crippen LogP contribution in [0, 0.1) is 17.3 Å². The van der Waals surface area contributed by atoms with E-state index in [1.54, 1.807) is 12.4 Å². The van der Waals surface area contributed by atoms with Gasteiger partial charge >= 0.3 is 0 Å². The third-order valence-corrected chi connectivity index (χ3v) is 8.41. The summed E-state index contributed by atoms with van der Waals surface area (Å²) < 4.78 is 0. The lowest BCUT2D eigenvalue weighted by atomic mass is 9.71. The number of nitrogens with one attached hydrogen (secondary N) is 3. The molecule has 3 N–H and O–H groups in total. The first-order chi connectivity index (χ1) is 20.3. The molecule has 224 valence electrons. The highest BCUT2D eigenvalue weighted by molar-refractivity contribution is 6.10. The summed E-state index contributed by atoms with van der Waals surface area (Å²) in [5.41, 5.74) is 3.91. The first-order valence-corrected chi connectivity index (χ1v) is 15.4. The Hall–Kier alpha value is -3.42. The molecule has 0 bridgehead atoms. The number of carbonyl (C=O) groups is 2. The van der Waals surface area contributed by atoms with Gasteiger partial charge < -0.3 is 16.0 Å². The van der Waals surface area contributed by atoms with Crippen LogP contribution in [0.2, 0.25) is 0 Å². The van der Waals surface area contributed by atoms with Gasteiger partial charge in [-0.1, -0.05) is 57.2 Å². The molecule has 42 heavy (non-hydrogen) atoms. The van der Waals surface area contributed by atoms with Gasteiger partial charge in [0.2, 0.25) is 5.91 Å². The Morgan fingerprint density at radius 2 is 1.43 bits per heavy atom. The summed E-state index contributed by atoms with van der Waals surface area (Å²) in [5, 5.41) is 10.0. The van der Waals surface area contributed by atoms with Crippen LogP contribution < -0.4 is 16.0 Å². The summed E-state index contributed by atoms with van der Waals surface area (Å²) in [6, 6.07) is 19.5. The number of hydrogen-bond acceptors (Lipinski definition) is 6. The van der Waals surface area contributed by atoms with E-state index >= 15 is 0 Å². The second-order valence-electron chi connectivity index (χ2n) is 12.6. The van der Waals surface area contributed by atoms with Gasteiger partial charge in [-0.25, -0.2) is 0 Å². The van der Waals surface area contributed by atoms with Crippen molar-refractivity contribution in [3.05, 3.63) is 95.6 Å². The number of nitrogens with zero attached hydrogens (tertiary/aromatic N) is 2. The molecule has 0 radical (unpaired) electrons. The number of amides is 1. The van der Waals surface area contributed by atoms with Crippen molar-refractivity contribution in [1.82, 2.24) is 25.9 Å². The summed E-state index contributed by atoms with van der Waals surface area (Å²) in [4.78, 5) is 35.9. The fraction of sp³-hybridized carbons (Fsp3) is 0.486. The molecule has 7 nitrogen and oxygen atoms in total. The summed E-state index contributed by atoms with van der Waals surface area (Å²) in [7, 11) is 0. The van der Waals surface area contributed by atoms with E-state index in [0.717, 1.165) is 49.1 Å². The highest BCUT2D eigenvalue weighted by atomic mass is 16.2. The summed E-state index contributed by atoms with van der Waals surface area (Å²) in [6.07, 6.45) is 8.97. The molecule has 0 unspecified atom stereocenters. The molecular formula is C35H47N5O2. The van der Waals surface area contributed by atoms with Gasteiger partial charge in [-0.05, 0) is 86.2 Å². The lowest BCUT2D eigenvalue weighted by Crippen LogP contribution is -2.44. The van der Waals surface area contributed by atoms with E-state index in [1.807, 2.05) is 60.7 Å². The minimum atomic E-state index is -0.699. The number of Topliss-reactive ketones (excluding diaryl/α,β-unsaturated/α-hetero) is 1. The predicted molar refractivity (Wildman–Crippen MR) is 168 cm³/mol. The van der Waals surface area contributed by atoms with Crippen LogP contribution in [0.25, 0.3) is 0 Å². The number of aromatic nitrogens is 2. The van der Waals surface area contributed by atoms with Crippen LogP contribution in [0.1, 0.15) is 86.6 Å². The van der Waals surface area contributed by atoms with E-state index in [0.29, 0.717) is 44.1 Å². The molecule has 0 spiro atoms. The Bertz CT molecular complexity index is 1230. The number of pyridine rings is 2. The number of rotatable bonds is 14. The zero-order chi connectivity index (χ0) is 29.8. The van der Waals surface area contributed by atoms with E-state index in [-0.39, 0.29) is 23.1 Å². The molecule has 2 heterocycles. The van der Waals surface area contributed by atoms with Crippen molar-refractivity contribution >= 4 is 11.7 Å². The predicted octanol–water partition coefficient (Wildman–Crippen LogP) is 5.86. The van der Waals surface area contributed by atoms with Crippen LogP contribution in [0.15, 0.2) is 73.1 Å². The average Bonchev–Trinajstić information content (AvgIpc) is 3.00. The molecule has 7 heteroatoms. The Morgan fingerprint density at radius 1 is 0.810 bits per heavy atom. The van der Waals surface area contributed by atoms with Gasteiger partial charge in [0.05, 0.1) is 11.4 Å². The van der Waals surface area contributed by atoms with Crippen molar-refractivity contribution in [1.29, 1.82) is 0 Å². The zero-order valence-electron chi connectivity index (χ0n) is 25.4. The van der Waals surface area contributed by atoms with E-state index in [2.05, 4.69) is 46.7 Å². The van der Waals surface area contributed by atoms with Crippen molar-refractivity contribution < 1.29 is 9.59 Å². The molecule has 1 aliphatic rings. The summed E-state index contributed by atoms with van der Waals surface area (Å²) in [6.45, 7) is 9.63. The molecule has 0 aliphatic heterocycles. The molecule has 2 aromatic heterocycles. The number of ketones is 1. The van der Waals surface area contributed by atoms with Gasteiger partial charge in [0.15, 0.2) is 5.78 Å². The number of hydrogen-bond donors (Lipinski definition) is 3. The molecule has 1 saturated carbocycles. The highest BCUT2D eigenvalue weighted by Gasteiger charge is 2.33. The monoisotopic (exact) mass is 569 g/mol. The van der Waals surface area contributed by atoms with Crippen LogP contribution in [-0.2, 0) is 24.4 Å². The first kappa shape index (κ1) is 31.5. The third-order valence-electron chi connectivity index (χ3n) is 8.41. The van der Waals surface area contributed by atoms with E-state index in [1.165, 1.54) is 0 Å². The second-order valence-corrected chi connectivity index (χ2v) is 12.6. The standard InChI is InChI=1S/C35H47N5O2/c1-35(2,3)28-16-18-29(19-17-28)40-34(42)32(11-8-20-36-24-30-9-4-6-21-38-30)33(41)27-14-12-26(13-15-27)23-37-25-31-10-5-7-22-39-31/h4-7,9-10,12-15,21-22,28-29,32,36-37H,8,11,16-20,23-25H2,1-3H3,(H,40,42)/t28?,29?,32-/m0/s1. The quantitative estimate of drug-likeness (QED) is 0.128. The lowest BCUT2D eigenvalue weighted by molar-refractivity contribution is -0.124. The Kier molecular flexibility index (Phi) is 11.8. The SMILES string of the molecule is CC(C)(C)C1CCC(NC(=O)[C@@H](CCCNCc2ccccn2)C(=O)c2ccc(CNCc3ccccn3)cc2)CC1. The molecule has 1 aromatic carbocycles. The Labute approximate surface area is 251 Å². The molecule has 1 amide bonds. The lowest BCUT2D eigenvalue weighted by Gasteiger charge is -2.37. The van der Waals surface area contributed by atoms with E-state index in [9.17, 15) is 9.59 Å². The van der Waals surface area contributed by atoms with Gasteiger partial charge in [-0.15, -0.1) is 0 Å². The van der Waals surface area contributed by atoms with Crippen molar-refractivity contribution in [2.24, 2.45) is 17.3 Å². The Morgan fingerprint density at radius 3 is 2.00 bits per heavy atom. The molecule has 0 saturated heterocycles. The maximum absolute atomic E-state index is 13.7. The van der Waals surface area contributed by atoms with Crippen LogP contribution in [0.3, 0.4) is 0 Å². The molecule has 1 aliphatic carbocycles. The average molecular weight is 570 g/mol. The molecule has 1 atom stereocenters. The van der Waals surface area contributed by atoms with Crippen molar-refractivity contribution in [2.75, 3.05) is 6.54 Å². The van der Waals surface area contributed by atoms with Crippen LogP contribution in [0.4, 0.5) is 0 Å². The van der Waals surface area contributed by atoms with Crippen LogP contribution in [-0.4, -0.2) is 34.2 Å². The van der Waals surface area contributed by atoms with Gasteiger partial charge in [0, 0.05) is 43.6 Å². The summed E-state index contributed by atoms with van der Waals surface area (Å²) >= 11 is 0. The normalized spacial score (nSPS) is 17.9. The van der Waals surface area contributed by atoms with Crippen molar-refractivity contribution in [2.45, 2.75) is 85.0 Å². The topological polar surface area (TPSA) is 96.0 Å². The number of carbonyl (C=O) groups excluding carboxylic acids is 2. The molecule has 4 rings (SSSR count). The van der Waals surface area contributed by atoms with Crippen LogP contribution >= 0.6 is 0 Å². The maximum atomic E-state index is 13.7. The third kappa shape index (κ3) is 9.85. The molecular weight excluding hydrogens is 522 g/mol. The smallest absolute Gasteiger partial charge is 0.231 e. The van der Waals surface area contributed by atoms with E-state index < -0.39 is 5.92 Å². The second kappa shape index (κ2) is 15.7. The Balaban J connectivity index is 1.33. The van der Waals surface area contributed by atoms with Crippen molar-refractivity contribution in [3.63, 3.8) is 0 Å². The van der Waals surface area contributed by atoms with Gasteiger partial charge in [-0.3, -0.25) is 19.6 Å². The van der Waals surface area contributed by atoms with Crippen LogP contribution in [0.5, 0.6) is 0 Å². The van der Waals surface area contributed by atoms with E-state index in [4.69, 9.17) is 0 Å². The molecule has 1 fully saturated rings. The molecule has 3 aromatic rings. The largest absolute Gasteiger partial charge is 0.353 e. The highest BCUT2D eigenvalue weighted by Crippen LogP contribution is 2.37. The minimum absolute atomic E-state index is 0.103. The first-order valence-electron chi connectivity index (χ1n) is 15.4. The fourth-order valence-corrected chi connectivity index (χ4v) is 5.76.